The van der Waals surface area contributed by atoms with Crippen LogP contribution in [-0.4, -0.2) is 10.2 Å². The van der Waals surface area contributed by atoms with Crippen molar-refractivity contribution in [1.82, 2.24) is 10.2 Å². The molecule has 0 atom stereocenters. The molecule has 74 valence electrons. The molecule has 13 heavy (non-hydrogen) atoms. The molecule has 1 aromatic heterocycles. The number of rotatable bonds is 1. The third-order valence-electron chi connectivity index (χ3n) is 2.81. The highest BCUT2D eigenvalue weighted by Crippen LogP contribution is 2.40. The lowest BCUT2D eigenvalue weighted by Gasteiger charge is -2.35. The van der Waals surface area contributed by atoms with Gasteiger partial charge in [-0.15, -0.1) is 10.2 Å². The van der Waals surface area contributed by atoms with Crippen molar-refractivity contribution in [2.75, 3.05) is 0 Å². The van der Waals surface area contributed by atoms with Crippen LogP contribution in [0.15, 0.2) is 9.22 Å². The van der Waals surface area contributed by atoms with Crippen molar-refractivity contribution in [1.29, 1.82) is 0 Å². The number of hydrogen-bond donors (Lipinski definition) is 0. The van der Waals surface area contributed by atoms with E-state index in [1.165, 1.54) is 0 Å². The van der Waals surface area contributed by atoms with Gasteiger partial charge in [0.25, 0.3) is 4.80 Å². The molecule has 0 spiro atoms. The zero-order valence-corrected chi connectivity index (χ0v) is 10.3. The van der Waals surface area contributed by atoms with Crippen molar-refractivity contribution in [3.63, 3.8) is 0 Å². The molecule has 0 aliphatic rings. The monoisotopic (exact) mass is 246 g/mol. The third kappa shape index (κ3) is 1.93. The van der Waals surface area contributed by atoms with Crippen molar-refractivity contribution >= 4 is 15.9 Å². The number of aromatic nitrogens is 2. The summed E-state index contributed by atoms with van der Waals surface area (Å²) < 4.78 is 5.37. The van der Waals surface area contributed by atoms with Crippen LogP contribution in [0.4, 0.5) is 0 Å². The predicted molar refractivity (Wildman–Crippen MR) is 54.5 cm³/mol. The molecule has 3 nitrogen and oxygen atoms in total. The standard InChI is InChI=1S/C9H15BrN2O/c1-8(2,3)9(4,5)6-11-12-7(10)13-6/h1-5H3. The largest absolute Gasteiger partial charge is 0.415 e. The first-order valence-corrected chi connectivity index (χ1v) is 5.04. The van der Waals surface area contributed by atoms with Crippen molar-refractivity contribution in [3.8, 4) is 0 Å². The molecule has 0 amide bonds. The Morgan fingerprint density at radius 2 is 1.62 bits per heavy atom. The second-order valence-corrected chi connectivity index (χ2v) is 5.41. The summed E-state index contributed by atoms with van der Waals surface area (Å²) in [5.41, 5.74) is -0.0228. The Hall–Kier alpha value is -0.380. The lowest BCUT2D eigenvalue weighted by molar-refractivity contribution is 0.180. The summed E-state index contributed by atoms with van der Waals surface area (Å²) in [6.45, 7) is 10.7. The predicted octanol–water partition coefficient (Wildman–Crippen LogP) is 3.16. The van der Waals surface area contributed by atoms with Crippen LogP contribution in [0.1, 0.15) is 40.5 Å². The van der Waals surface area contributed by atoms with Gasteiger partial charge in [0.2, 0.25) is 5.89 Å². The molecule has 1 rings (SSSR count). The first kappa shape index (κ1) is 10.7. The topological polar surface area (TPSA) is 38.9 Å². The molecule has 0 saturated heterocycles. The highest BCUT2D eigenvalue weighted by atomic mass is 79.9. The second kappa shape index (κ2) is 3.08. The van der Waals surface area contributed by atoms with E-state index in [4.69, 9.17) is 4.42 Å². The summed E-state index contributed by atoms with van der Waals surface area (Å²) in [5, 5.41) is 7.79. The van der Waals surface area contributed by atoms with E-state index in [1.54, 1.807) is 0 Å². The highest BCUT2D eigenvalue weighted by molar-refractivity contribution is 9.10. The lowest BCUT2D eigenvalue weighted by Crippen LogP contribution is -2.34. The fourth-order valence-electron chi connectivity index (χ4n) is 0.779. The molecule has 0 fully saturated rings. The van der Waals surface area contributed by atoms with E-state index in [0.717, 1.165) is 0 Å². The van der Waals surface area contributed by atoms with Gasteiger partial charge >= 0.3 is 0 Å². The van der Waals surface area contributed by atoms with Crippen LogP contribution in [0, 0.1) is 5.41 Å². The molecule has 0 unspecified atom stereocenters. The van der Waals surface area contributed by atoms with E-state index in [2.05, 4.69) is 60.7 Å². The maximum absolute atomic E-state index is 5.37. The van der Waals surface area contributed by atoms with Crippen molar-refractivity contribution in [2.24, 2.45) is 5.41 Å². The summed E-state index contributed by atoms with van der Waals surface area (Å²) in [6, 6.07) is 0. The summed E-state index contributed by atoms with van der Waals surface area (Å²) in [4.78, 5) is 0.444. The minimum atomic E-state index is -0.119. The lowest BCUT2D eigenvalue weighted by atomic mass is 9.69. The third-order valence-corrected chi connectivity index (χ3v) is 3.13. The quantitative estimate of drug-likeness (QED) is 0.765. The fraction of sp³-hybridized carbons (Fsp3) is 0.778. The minimum Gasteiger partial charge on any atom is -0.415 e. The van der Waals surface area contributed by atoms with E-state index in [1.807, 2.05) is 0 Å². The van der Waals surface area contributed by atoms with E-state index >= 15 is 0 Å². The molecular formula is C9H15BrN2O. The van der Waals surface area contributed by atoms with Gasteiger partial charge in [-0.3, -0.25) is 0 Å². The van der Waals surface area contributed by atoms with Gasteiger partial charge in [0.15, 0.2) is 0 Å². The van der Waals surface area contributed by atoms with Gasteiger partial charge in [-0.1, -0.05) is 34.6 Å². The highest BCUT2D eigenvalue weighted by Gasteiger charge is 2.39. The summed E-state index contributed by atoms with van der Waals surface area (Å²) in [6.07, 6.45) is 0. The smallest absolute Gasteiger partial charge is 0.284 e. The van der Waals surface area contributed by atoms with E-state index in [0.29, 0.717) is 10.7 Å². The van der Waals surface area contributed by atoms with E-state index < -0.39 is 0 Å². The Bertz CT molecular complexity index is 299. The van der Waals surface area contributed by atoms with Gasteiger partial charge < -0.3 is 4.42 Å². The van der Waals surface area contributed by atoms with E-state index in [-0.39, 0.29) is 10.8 Å². The molecule has 0 aromatic carbocycles. The Morgan fingerprint density at radius 1 is 1.08 bits per heavy atom. The number of halogens is 1. The molecule has 4 heteroatoms. The van der Waals surface area contributed by atoms with Gasteiger partial charge in [-0.2, -0.15) is 0 Å². The average Bonchev–Trinajstić information content (AvgIpc) is 2.33. The first-order valence-electron chi connectivity index (χ1n) is 4.24. The van der Waals surface area contributed by atoms with Gasteiger partial charge in [0, 0.05) is 21.3 Å². The second-order valence-electron chi connectivity index (χ2n) is 4.74. The molecule has 0 N–H and O–H groups in total. The van der Waals surface area contributed by atoms with Gasteiger partial charge in [0.05, 0.1) is 0 Å². The summed E-state index contributed by atoms with van der Waals surface area (Å²) in [5.74, 6) is 0.673. The fourth-order valence-corrected chi connectivity index (χ4v) is 1.01. The Morgan fingerprint density at radius 3 is 1.92 bits per heavy atom. The average molecular weight is 247 g/mol. The Kier molecular flexibility index (Phi) is 2.54. The maximum atomic E-state index is 5.37. The van der Waals surface area contributed by atoms with Crippen LogP contribution >= 0.6 is 15.9 Å². The van der Waals surface area contributed by atoms with Gasteiger partial charge in [0.1, 0.15) is 0 Å². The van der Waals surface area contributed by atoms with Crippen molar-refractivity contribution in [2.45, 2.75) is 40.0 Å². The molecule has 0 aliphatic heterocycles. The Labute approximate surface area is 87.1 Å². The molecule has 1 aromatic rings. The maximum Gasteiger partial charge on any atom is 0.284 e. The van der Waals surface area contributed by atoms with Crippen LogP contribution in [0.25, 0.3) is 0 Å². The van der Waals surface area contributed by atoms with Crippen molar-refractivity contribution in [3.05, 3.63) is 10.7 Å². The molecular weight excluding hydrogens is 232 g/mol. The van der Waals surface area contributed by atoms with Crippen LogP contribution in [0.5, 0.6) is 0 Å². The van der Waals surface area contributed by atoms with Crippen molar-refractivity contribution < 1.29 is 4.42 Å². The number of nitrogens with zero attached hydrogens (tertiary/aromatic N) is 2. The molecule has 0 bridgehead atoms. The zero-order chi connectivity index (χ0) is 10.3. The molecule has 1 heterocycles. The van der Waals surface area contributed by atoms with Gasteiger partial charge in [-0.25, -0.2) is 0 Å². The minimum absolute atomic E-state index is 0.0962. The van der Waals surface area contributed by atoms with E-state index in [9.17, 15) is 0 Å². The first-order chi connectivity index (χ1) is 5.75. The zero-order valence-electron chi connectivity index (χ0n) is 8.68. The van der Waals surface area contributed by atoms with Gasteiger partial charge in [-0.05, 0) is 5.41 Å². The molecule has 0 saturated carbocycles. The summed E-state index contributed by atoms with van der Waals surface area (Å²) >= 11 is 3.15. The SMILES string of the molecule is CC(C)(C)C(C)(C)c1nnc(Br)o1. The molecule has 0 radical (unpaired) electrons. The van der Waals surface area contributed by atoms with Crippen LogP contribution in [0.2, 0.25) is 0 Å². The molecule has 0 aliphatic carbocycles. The van der Waals surface area contributed by atoms with Crippen LogP contribution in [0.3, 0.4) is 0 Å². The Balaban J connectivity index is 3.07. The number of hydrogen-bond acceptors (Lipinski definition) is 3. The van der Waals surface area contributed by atoms with Crippen LogP contribution < -0.4 is 0 Å². The van der Waals surface area contributed by atoms with Crippen LogP contribution in [-0.2, 0) is 5.41 Å². The normalized spacial score (nSPS) is 13.4. The summed E-state index contributed by atoms with van der Waals surface area (Å²) in [7, 11) is 0.